The number of hydrogen-bond acceptors (Lipinski definition) is 2. The van der Waals surface area contributed by atoms with Crippen LogP contribution in [0.25, 0.3) is 16.9 Å². The molecule has 0 amide bonds. The van der Waals surface area contributed by atoms with Crippen LogP contribution in [0.1, 0.15) is 18.4 Å². The Morgan fingerprint density at radius 2 is 2.05 bits per heavy atom. The predicted molar refractivity (Wildman–Crippen MR) is 76.7 cm³/mol. The summed E-state index contributed by atoms with van der Waals surface area (Å²) in [6.07, 6.45) is 0. The molecule has 0 atom stereocenters. The van der Waals surface area contributed by atoms with Crippen molar-refractivity contribution in [3.05, 3.63) is 41.4 Å². The van der Waals surface area contributed by atoms with E-state index >= 15 is 0 Å². The lowest BCUT2D eigenvalue weighted by Crippen LogP contribution is -2.08. The van der Waals surface area contributed by atoms with Crippen molar-refractivity contribution in [2.75, 3.05) is 0 Å². The van der Waals surface area contributed by atoms with Gasteiger partial charge in [0, 0.05) is 12.6 Å². The first-order chi connectivity index (χ1) is 10.1. The molecule has 0 aliphatic carbocycles. The van der Waals surface area contributed by atoms with Gasteiger partial charge in [-0.1, -0.05) is 0 Å². The van der Waals surface area contributed by atoms with Crippen LogP contribution in [0, 0.1) is 18.6 Å². The quantitative estimate of drug-likeness (QED) is 0.693. The zero-order valence-corrected chi connectivity index (χ0v) is 12.3. The zero-order valence-electron chi connectivity index (χ0n) is 11.6. The third kappa shape index (κ3) is 2.10. The number of rotatable bonds is 3. The Morgan fingerprint density at radius 1 is 1.29 bits per heavy atom. The second-order valence-corrected chi connectivity index (χ2v) is 4.93. The highest BCUT2D eigenvalue weighted by atomic mass is 35.5. The topological polar surface area (TPSA) is 35.6 Å². The van der Waals surface area contributed by atoms with Gasteiger partial charge < -0.3 is 0 Å². The van der Waals surface area contributed by atoms with E-state index in [1.54, 1.807) is 4.68 Å². The van der Waals surface area contributed by atoms with Gasteiger partial charge in [0.15, 0.2) is 5.65 Å². The summed E-state index contributed by atoms with van der Waals surface area (Å²) < 4.78 is 30.9. The Labute approximate surface area is 125 Å². The van der Waals surface area contributed by atoms with Gasteiger partial charge in [-0.25, -0.2) is 18.4 Å². The summed E-state index contributed by atoms with van der Waals surface area (Å²) in [6.45, 7) is 4.34. The first-order valence-corrected chi connectivity index (χ1v) is 7.06. The van der Waals surface area contributed by atoms with Gasteiger partial charge in [-0.2, -0.15) is 5.10 Å². The minimum atomic E-state index is -0.538. The van der Waals surface area contributed by atoms with Crippen molar-refractivity contribution in [2.45, 2.75) is 26.3 Å². The van der Waals surface area contributed by atoms with Crippen molar-refractivity contribution in [3.8, 4) is 5.69 Å². The van der Waals surface area contributed by atoms with Gasteiger partial charge in [-0.3, -0.25) is 4.57 Å². The molecule has 0 aliphatic rings. The van der Waals surface area contributed by atoms with Crippen molar-refractivity contribution in [3.63, 3.8) is 0 Å². The summed E-state index contributed by atoms with van der Waals surface area (Å²) in [7, 11) is 0. The van der Waals surface area contributed by atoms with Crippen LogP contribution < -0.4 is 0 Å². The van der Waals surface area contributed by atoms with Crippen LogP contribution in [0.3, 0.4) is 0 Å². The summed E-state index contributed by atoms with van der Waals surface area (Å²) >= 11 is 5.92. The molecule has 0 bridgehead atoms. The van der Waals surface area contributed by atoms with E-state index < -0.39 is 11.6 Å². The van der Waals surface area contributed by atoms with Gasteiger partial charge >= 0.3 is 0 Å². The molecule has 0 aliphatic heterocycles. The molecule has 1 aromatic carbocycles. The van der Waals surface area contributed by atoms with Crippen LogP contribution in [0.2, 0.25) is 0 Å². The van der Waals surface area contributed by atoms with E-state index in [9.17, 15) is 8.78 Å². The van der Waals surface area contributed by atoms with Crippen LogP contribution in [-0.4, -0.2) is 19.3 Å². The van der Waals surface area contributed by atoms with E-state index in [1.165, 1.54) is 4.57 Å². The molecule has 3 rings (SSSR count). The van der Waals surface area contributed by atoms with E-state index in [-0.39, 0.29) is 11.6 Å². The third-order valence-electron chi connectivity index (χ3n) is 3.35. The lowest BCUT2D eigenvalue weighted by atomic mass is 10.3. The fraction of sp³-hybridized carbons (Fsp3) is 0.286. The van der Waals surface area contributed by atoms with Crippen LogP contribution in [0.15, 0.2) is 18.2 Å². The first kappa shape index (κ1) is 14.0. The highest BCUT2D eigenvalue weighted by Crippen LogP contribution is 2.27. The highest BCUT2D eigenvalue weighted by Gasteiger charge is 2.21. The minimum Gasteiger partial charge on any atom is -0.277 e. The smallest absolute Gasteiger partial charge is 0.163 e. The number of halogens is 3. The molecular weight excluding hydrogens is 298 g/mol. The molecule has 0 fully saturated rings. The fourth-order valence-corrected chi connectivity index (χ4v) is 2.61. The monoisotopic (exact) mass is 310 g/mol. The van der Waals surface area contributed by atoms with Crippen molar-refractivity contribution in [1.29, 1.82) is 0 Å². The lowest BCUT2D eigenvalue weighted by molar-refractivity contribution is 0.589. The average Bonchev–Trinajstić information content (AvgIpc) is 2.99. The molecule has 2 aromatic heterocycles. The van der Waals surface area contributed by atoms with E-state index in [0.29, 0.717) is 23.5 Å². The number of benzene rings is 1. The summed E-state index contributed by atoms with van der Waals surface area (Å²) in [5.41, 5.74) is 2.09. The van der Waals surface area contributed by atoms with Gasteiger partial charge in [0.1, 0.15) is 23.0 Å². The van der Waals surface area contributed by atoms with E-state index in [2.05, 4.69) is 10.1 Å². The molecule has 21 heavy (non-hydrogen) atoms. The van der Waals surface area contributed by atoms with Gasteiger partial charge in [0.25, 0.3) is 0 Å². The first-order valence-electron chi connectivity index (χ1n) is 6.53. The molecule has 2 heterocycles. The molecule has 0 radical (unpaired) electrons. The number of aromatic nitrogens is 4. The molecule has 7 heteroatoms. The van der Waals surface area contributed by atoms with Crippen molar-refractivity contribution in [1.82, 2.24) is 19.3 Å². The number of fused-ring (bicyclic) bond motifs is 1. The maximum atomic E-state index is 14.1. The van der Waals surface area contributed by atoms with Crippen molar-refractivity contribution in [2.24, 2.45) is 0 Å². The number of nitrogens with zero attached hydrogens (tertiary/aromatic N) is 4. The second-order valence-electron chi connectivity index (χ2n) is 4.67. The highest BCUT2D eigenvalue weighted by molar-refractivity contribution is 6.17. The molecule has 0 N–H and O–H groups in total. The Kier molecular flexibility index (Phi) is 3.41. The Hall–Kier alpha value is -1.95. The average molecular weight is 311 g/mol. The van der Waals surface area contributed by atoms with Crippen LogP contribution >= 0.6 is 11.6 Å². The largest absolute Gasteiger partial charge is 0.277 e. The summed E-state index contributed by atoms with van der Waals surface area (Å²) in [4.78, 5) is 4.41. The van der Waals surface area contributed by atoms with Crippen LogP contribution in [0.5, 0.6) is 0 Å². The Bertz CT molecular complexity index is 822. The van der Waals surface area contributed by atoms with E-state index in [1.807, 2.05) is 13.8 Å². The molecule has 110 valence electrons. The van der Waals surface area contributed by atoms with E-state index in [0.717, 1.165) is 23.9 Å². The van der Waals surface area contributed by atoms with Crippen LogP contribution in [-0.2, 0) is 12.4 Å². The lowest BCUT2D eigenvalue weighted by Gasteiger charge is -2.10. The van der Waals surface area contributed by atoms with Gasteiger partial charge in [0.05, 0.1) is 17.3 Å². The summed E-state index contributed by atoms with van der Waals surface area (Å²) in [6, 6.07) is 3.30. The standard InChI is InChI=1S/C14H13ClF2N4/c1-3-20-14-13(8(2)19-20)18-12(7-15)21(14)11-6-9(16)4-5-10(11)17/h4-6H,3,7H2,1-2H3. The SMILES string of the molecule is CCn1nc(C)c2nc(CCl)n(-c3cc(F)ccc3F)c21. The predicted octanol–water partition coefficient (Wildman–Crippen LogP) is 3.57. The van der Waals surface area contributed by atoms with Gasteiger partial charge in [-0.15, -0.1) is 11.6 Å². The summed E-state index contributed by atoms with van der Waals surface area (Å²) in [5.74, 6) is -0.510. The number of imidazole rings is 1. The molecule has 3 aromatic rings. The molecule has 0 spiro atoms. The maximum Gasteiger partial charge on any atom is 0.163 e. The number of alkyl halides is 1. The normalized spacial score (nSPS) is 11.5. The Morgan fingerprint density at radius 3 is 2.71 bits per heavy atom. The molecule has 0 unspecified atom stereocenters. The van der Waals surface area contributed by atoms with E-state index in [4.69, 9.17) is 11.6 Å². The molecule has 0 saturated carbocycles. The summed E-state index contributed by atoms with van der Waals surface area (Å²) in [5, 5.41) is 4.36. The van der Waals surface area contributed by atoms with Crippen LogP contribution in [0.4, 0.5) is 8.78 Å². The fourth-order valence-electron chi connectivity index (χ4n) is 2.43. The van der Waals surface area contributed by atoms with Crippen molar-refractivity contribution >= 4 is 22.8 Å². The molecule has 0 saturated heterocycles. The molecule has 4 nitrogen and oxygen atoms in total. The zero-order chi connectivity index (χ0) is 15.1. The Balaban J connectivity index is 2.42. The minimum absolute atomic E-state index is 0.0859. The second kappa shape index (κ2) is 5.11. The van der Waals surface area contributed by atoms with Crippen molar-refractivity contribution < 1.29 is 8.78 Å². The number of hydrogen-bond donors (Lipinski definition) is 0. The maximum absolute atomic E-state index is 14.1. The number of aryl methyl sites for hydroxylation is 2. The third-order valence-corrected chi connectivity index (χ3v) is 3.59. The molecular formula is C14H13ClF2N4. The van der Waals surface area contributed by atoms with Gasteiger partial charge in [-0.05, 0) is 26.0 Å². The van der Waals surface area contributed by atoms with Gasteiger partial charge in [0.2, 0.25) is 0 Å².